The van der Waals surface area contributed by atoms with Crippen LogP contribution in [0, 0.1) is 0 Å². The van der Waals surface area contributed by atoms with Gasteiger partial charge in [0.25, 0.3) is 0 Å². The molecule has 4 nitrogen and oxygen atoms in total. The van der Waals surface area contributed by atoms with Crippen molar-refractivity contribution in [3.8, 4) is 0 Å². The lowest BCUT2D eigenvalue weighted by atomic mass is 9.97. The van der Waals surface area contributed by atoms with Crippen molar-refractivity contribution in [2.75, 3.05) is 17.7 Å². The number of ether oxygens (including phenoxy) is 1. The summed E-state index contributed by atoms with van der Waals surface area (Å²) in [5.41, 5.74) is 2.76. The highest BCUT2D eigenvalue weighted by Gasteiger charge is 2.23. The van der Waals surface area contributed by atoms with E-state index in [0.717, 1.165) is 24.2 Å². The summed E-state index contributed by atoms with van der Waals surface area (Å²) < 4.78 is 5.30. The number of hydrogen-bond donors (Lipinski definition) is 2. The zero-order valence-corrected chi connectivity index (χ0v) is 12.7. The van der Waals surface area contributed by atoms with Crippen molar-refractivity contribution in [1.29, 1.82) is 0 Å². The summed E-state index contributed by atoms with van der Waals surface area (Å²) in [6, 6.07) is 6.49. The van der Waals surface area contributed by atoms with Gasteiger partial charge in [-0.2, -0.15) is 0 Å². The number of carbonyl (C=O) groups is 1. The van der Waals surface area contributed by atoms with Crippen LogP contribution >= 0.6 is 0 Å². The highest BCUT2D eigenvalue weighted by Crippen LogP contribution is 2.32. The summed E-state index contributed by atoms with van der Waals surface area (Å²) in [4.78, 5) is 12.1. The molecular weight excluding hydrogens is 252 g/mol. The first-order valence-corrected chi connectivity index (χ1v) is 7.15. The van der Waals surface area contributed by atoms with Gasteiger partial charge in [0.15, 0.2) is 0 Å². The number of carbonyl (C=O) groups excluding carboxylic acids is 1. The first-order chi connectivity index (χ1) is 9.41. The maximum absolute atomic E-state index is 12.1. The van der Waals surface area contributed by atoms with Crippen LogP contribution in [0.25, 0.3) is 0 Å². The Morgan fingerprint density at radius 2 is 2.25 bits per heavy atom. The van der Waals surface area contributed by atoms with E-state index in [4.69, 9.17) is 4.74 Å². The minimum Gasteiger partial charge on any atom is -0.381 e. The summed E-state index contributed by atoms with van der Waals surface area (Å²) in [7, 11) is 1.63. The molecule has 0 radical (unpaired) electrons. The predicted molar refractivity (Wildman–Crippen MR) is 82.2 cm³/mol. The molecule has 20 heavy (non-hydrogen) atoms. The van der Waals surface area contributed by atoms with Gasteiger partial charge >= 0.3 is 0 Å². The molecule has 1 atom stereocenters. The third-order valence-electron chi connectivity index (χ3n) is 3.80. The van der Waals surface area contributed by atoms with Gasteiger partial charge in [-0.25, -0.2) is 0 Å². The summed E-state index contributed by atoms with van der Waals surface area (Å²) in [6.45, 7) is 5.98. The first-order valence-electron chi connectivity index (χ1n) is 7.15. The molecule has 4 heteroatoms. The molecule has 0 bridgehead atoms. The van der Waals surface area contributed by atoms with Gasteiger partial charge in [0, 0.05) is 13.2 Å². The number of methoxy groups -OCH3 is 1. The Hall–Kier alpha value is -1.55. The number of rotatable bonds is 4. The van der Waals surface area contributed by atoms with Crippen LogP contribution in [0.1, 0.15) is 39.2 Å². The van der Waals surface area contributed by atoms with Crippen molar-refractivity contribution in [2.24, 2.45) is 0 Å². The van der Waals surface area contributed by atoms with Crippen molar-refractivity contribution in [1.82, 2.24) is 0 Å². The Morgan fingerprint density at radius 3 is 2.95 bits per heavy atom. The molecule has 2 rings (SSSR count). The zero-order chi connectivity index (χ0) is 14.8. The maximum atomic E-state index is 12.1. The third-order valence-corrected chi connectivity index (χ3v) is 3.80. The van der Waals surface area contributed by atoms with Gasteiger partial charge < -0.3 is 15.4 Å². The molecule has 0 fully saturated rings. The van der Waals surface area contributed by atoms with E-state index in [0.29, 0.717) is 12.5 Å². The lowest BCUT2D eigenvalue weighted by Crippen LogP contribution is -2.30. The number of benzene rings is 1. The molecule has 1 aromatic rings. The van der Waals surface area contributed by atoms with Crippen LogP contribution in [0.4, 0.5) is 11.4 Å². The van der Waals surface area contributed by atoms with E-state index in [9.17, 15) is 4.79 Å². The molecule has 1 aliphatic heterocycles. The standard InChI is InChI=1S/C16H24N2O2/c1-11-8-9-12-6-5-7-13(15(12)17-11)18-14(19)10-16(2,3)20-4/h5-7,11,17H,8-10H2,1-4H3,(H,18,19). The molecule has 2 N–H and O–H groups in total. The van der Waals surface area contributed by atoms with E-state index < -0.39 is 5.60 Å². The Kier molecular flexibility index (Phi) is 4.33. The fourth-order valence-corrected chi connectivity index (χ4v) is 2.43. The highest BCUT2D eigenvalue weighted by atomic mass is 16.5. The molecule has 110 valence electrons. The fourth-order valence-electron chi connectivity index (χ4n) is 2.43. The van der Waals surface area contributed by atoms with Crippen LogP contribution in [0.5, 0.6) is 0 Å². The second kappa shape index (κ2) is 5.83. The Bertz CT molecular complexity index is 497. The number of aryl methyl sites for hydroxylation is 1. The monoisotopic (exact) mass is 276 g/mol. The first kappa shape index (κ1) is 14.9. The molecule has 1 heterocycles. The number of nitrogens with one attached hydrogen (secondary N) is 2. The SMILES string of the molecule is COC(C)(C)CC(=O)Nc1cccc2c1NC(C)CC2. The minimum atomic E-state index is -0.445. The van der Waals surface area contributed by atoms with Crippen molar-refractivity contribution < 1.29 is 9.53 Å². The molecule has 1 amide bonds. The molecule has 1 unspecified atom stereocenters. The number of amides is 1. The average molecular weight is 276 g/mol. The minimum absolute atomic E-state index is 0.0229. The number of para-hydroxylation sites is 1. The molecule has 0 aliphatic carbocycles. The topological polar surface area (TPSA) is 50.4 Å². The number of anilines is 2. The van der Waals surface area contributed by atoms with E-state index in [1.54, 1.807) is 7.11 Å². The van der Waals surface area contributed by atoms with E-state index >= 15 is 0 Å². The van der Waals surface area contributed by atoms with Gasteiger partial charge in [0.05, 0.1) is 23.4 Å². The van der Waals surface area contributed by atoms with Crippen LogP contribution < -0.4 is 10.6 Å². The Labute approximate surface area is 120 Å². The Balaban J connectivity index is 2.12. The normalized spacial score (nSPS) is 18.1. The zero-order valence-electron chi connectivity index (χ0n) is 12.7. The van der Waals surface area contributed by atoms with Crippen molar-refractivity contribution >= 4 is 17.3 Å². The van der Waals surface area contributed by atoms with Gasteiger partial charge in [0.2, 0.25) is 5.91 Å². The summed E-state index contributed by atoms with van der Waals surface area (Å²) in [5.74, 6) is -0.0229. The second-order valence-electron chi connectivity index (χ2n) is 6.11. The van der Waals surface area contributed by atoms with Crippen LogP contribution in [0.15, 0.2) is 18.2 Å². The molecular formula is C16H24N2O2. The van der Waals surface area contributed by atoms with Crippen LogP contribution in [0.3, 0.4) is 0 Å². The molecule has 1 aromatic carbocycles. The van der Waals surface area contributed by atoms with Gasteiger partial charge in [-0.05, 0) is 45.2 Å². The van der Waals surface area contributed by atoms with Crippen LogP contribution in [0.2, 0.25) is 0 Å². The van der Waals surface area contributed by atoms with Gasteiger partial charge in [0.1, 0.15) is 0 Å². The van der Waals surface area contributed by atoms with E-state index in [-0.39, 0.29) is 5.91 Å². The molecule has 0 aromatic heterocycles. The molecule has 1 aliphatic rings. The maximum Gasteiger partial charge on any atom is 0.227 e. The second-order valence-corrected chi connectivity index (χ2v) is 6.11. The van der Waals surface area contributed by atoms with E-state index in [1.807, 2.05) is 26.0 Å². The smallest absolute Gasteiger partial charge is 0.227 e. The molecule has 0 saturated carbocycles. The lowest BCUT2D eigenvalue weighted by Gasteiger charge is -2.27. The third kappa shape index (κ3) is 3.51. The lowest BCUT2D eigenvalue weighted by molar-refractivity contribution is -0.121. The quantitative estimate of drug-likeness (QED) is 0.888. The van der Waals surface area contributed by atoms with E-state index in [2.05, 4.69) is 23.6 Å². The largest absolute Gasteiger partial charge is 0.381 e. The van der Waals surface area contributed by atoms with Crippen molar-refractivity contribution in [2.45, 2.75) is 51.7 Å². The van der Waals surface area contributed by atoms with Crippen LogP contribution in [-0.2, 0) is 16.0 Å². The highest BCUT2D eigenvalue weighted by molar-refractivity contribution is 5.95. The summed E-state index contributed by atoms with van der Waals surface area (Å²) in [5, 5.41) is 6.46. The van der Waals surface area contributed by atoms with Gasteiger partial charge in [-0.3, -0.25) is 4.79 Å². The van der Waals surface area contributed by atoms with Crippen molar-refractivity contribution in [3.05, 3.63) is 23.8 Å². The summed E-state index contributed by atoms with van der Waals surface area (Å²) in [6.07, 6.45) is 2.51. The van der Waals surface area contributed by atoms with Crippen molar-refractivity contribution in [3.63, 3.8) is 0 Å². The molecule has 0 saturated heterocycles. The number of hydrogen-bond acceptors (Lipinski definition) is 3. The Morgan fingerprint density at radius 1 is 1.50 bits per heavy atom. The van der Waals surface area contributed by atoms with E-state index in [1.165, 1.54) is 5.56 Å². The summed E-state index contributed by atoms with van der Waals surface area (Å²) >= 11 is 0. The average Bonchev–Trinajstić information content (AvgIpc) is 2.39. The number of fused-ring (bicyclic) bond motifs is 1. The molecule has 0 spiro atoms. The van der Waals surface area contributed by atoms with Gasteiger partial charge in [-0.1, -0.05) is 12.1 Å². The fraction of sp³-hybridized carbons (Fsp3) is 0.562. The van der Waals surface area contributed by atoms with Crippen LogP contribution in [-0.4, -0.2) is 24.7 Å². The predicted octanol–water partition coefficient (Wildman–Crippen LogP) is 3.19. The van der Waals surface area contributed by atoms with Gasteiger partial charge in [-0.15, -0.1) is 0 Å².